The van der Waals surface area contributed by atoms with Crippen LogP contribution in [-0.4, -0.2) is 382 Å². The standard InChI is InChI=1S/C61H108O38/c1-9-12-61-15-11-34-59(5,13-10-14-60(34,6)58(84)99-54-47(96-52-44(79)41(76)36(71)31(21-66)92-52)45(39(74)32(22-67)93-54)95-51-43(78)40(75)35(70)30(20-65)91-51)57(61)97-50(83)56(90-28(18-63)26(4)69)98-53(88-24(2)16-61)46(38(73)29(19-64)85-7)94-49(82)42(77)37(72)33(86-8)23-87-55(48(80)81)89-27(17-62)25(3)68/h9,24-57,62-83H,1,10-23H2,2-8H3/t24-,25?,26?,27?,28?,29?,30?,31?,32?,33?,34?,35?,36?,37?,38?,39?,40?,41?,42?,43?,44?,45?,46?,47?,49?,50?,51?,52?,53?,54?,55?,56?,57-,59+,60+,61-/m0/s1. The smallest absolute Gasteiger partial charge is 0.314 e. The van der Waals surface area contributed by atoms with Gasteiger partial charge >= 0.3 is 5.97 Å². The van der Waals surface area contributed by atoms with E-state index in [1.807, 2.05) is 0 Å². The fourth-order valence-corrected chi connectivity index (χ4v) is 14.5. The summed E-state index contributed by atoms with van der Waals surface area (Å²) in [5.74, 6) is -1.87. The molecule has 36 atom stereocenters. The van der Waals surface area contributed by atoms with Crippen molar-refractivity contribution in [3.8, 4) is 0 Å². The molecule has 0 bridgehead atoms. The third-order valence-corrected chi connectivity index (χ3v) is 20.0. The predicted octanol–water partition coefficient (Wildman–Crippen LogP) is -9.69. The number of fused-ring (bicyclic) bond motifs is 3. The molecule has 4 aliphatic heterocycles. The first kappa shape index (κ1) is 85.7. The molecule has 0 radical (unpaired) electrons. The highest BCUT2D eigenvalue weighted by atomic mass is 16.8. The fourth-order valence-electron chi connectivity index (χ4n) is 14.5. The quantitative estimate of drug-likeness (QED) is 0.0162. The summed E-state index contributed by atoms with van der Waals surface area (Å²) in [6.45, 7) is 4.98. The molecule has 38 nitrogen and oxygen atoms in total. The lowest BCUT2D eigenvalue weighted by Crippen LogP contribution is -2.68. The molecule has 0 aromatic carbocycles. The number of aliphatic hydroxyl groups excluding tert-OH is 21. The van der Waals surface area contributed by atoms with Gasteiger partial charge in [0.25, 0.3) is 0 Å². The SMILES string of the molecule is C=CC[C@@]12CCC3[C@](C)(C(=O)OC4OC(CO)C(O)C(OC5OC(CO)C(O)C(O)C5O)C4OC4OC(CO)C(O)C(O)C4O)CCC[C@@]3(C)[C@@H]1OC(O)C(OC(CO)C(C)O)OC(C(OC(O)C(O)C(O)C(COC(OC(CO)C(C)O)C(O)O)OC)C(O)C(CO)OC)O[C@@H](C)C2. The van der Waals surface area contributed by atoms with E-state index in [4.69, 9.17) is 71.1 Å². The number of rotatable bonds is 34. The van der Waals surface area contributed by atoms with Crippen molar-refractivity contribution in [1.82, 2.24) is 0 Å². The van der Waals surface area contributed by atoms with Gasteiger partial charge in [-0.15, -0.1) is 6.58 Å². The second kappa shape index (κ2) is 37.8. The van der Waals surface area contributed by atoms with Crippen molar-refractivity contribution in [3.63, 3.8) is 0 Å². The Morgan fingerprint density at radius 1 is 0.586 bits per heavy atom. The maximum Gasteiger partial charge on any atom is 0.314 e. The van der Waals surface area contributed by atoms with Crippen molar-refractivity contribution < 1.29 is 188 Å². The van der Waals surface area contributed by atoms with Crippen molar-refractivity contribution in [2.45, 2.75) is 283 Å². The van der Waals surface area contributed by atoms with Crippen molar-refractivity contribution in [2.75, 3.05) is 60.5 Å². The van der Waals surface area contributed by atoms with E-state index in [0.29, 0.717) is 0 Å². The minimum Gasteiger partial charge on any atom is -0.432 e. The first-order chi connectivity index (χ1) is 46.7. The Hall–Kier alpha value is -2.23. The molecule has 6 aliphatic rings. The van der Waals surface area contributed by atoms with E-state index < -0.39 is 277 Å². The van der Waals surface area contributed by atoms with E-state index in [-0.39, 0.29) is 44.9 Å². The Kier molecular flexibility index (Phi) is 32.8. The second-order valence-corrected chi connectivity index (χ2v) is 26.9. The summed E-state index contributed by atoms with van der Waals surface area (Å²) in [6, 6.07) is 0. The fraction of sp³-hybridized carbons (Fsp3) is 0.951. The molecule has 0 spiro atoms. The number of aliphatic hydroxyl groups is 22. The van der Waals surface area contributed by atoms with Crippen LogP contribution in [0, 0.1) is 22.2 Å². The molecule has 580 valence electrons. The molecular formula is C61H108O38. The number of hydrogen-bond acceptors (Lipinski definition) is 38. The van der Waals surface area contributed by atoms with E-state index in [1.54, 1.807) is 26.8 Å². The molecular weight excluding hydrogens is 1340 g/mol. The summed E-state index contributed by atoms with van der Waals surface area (Å²) >= 11 is 0. The van der Waals surface area contributed by atoms with E-state index >= 15 is 4.79 Å². The van der Waals surface area contributed by atoms with Gasteiger partial charge in [-0.1, -0.05) is 19.4 Å². The zero-order chi connectivity index (χ0) is 73.9. The topological polar surface area (TPSA) is 601 Å². The molecule has 0 amide bonds. The van der Waals surface area contributed by atoms with Crippen LogP contribution in [-0.2, 0) is 75.8 Å². The van der Waals surface area contributed by atoms with Gasteiger partial charge in [-0.05, 0) is 77.6 Å². The third-order valence-electron chi connectivity index (χ3n) is 20.0. The first-order valence-electron chi connectivity index (χ1n) is 32.9. The molecule has 4 saturated heterocycles. The first-order valence-corrected chi connectivity index (χ1v) is 32.9. The second-order valence-electron chi connectivity index (χ2n) is 26.9. The number of hydrogen-bond donors (Lipinski definition) is 22. The van der Waals surface area contributed by atoms with Gasteiger partial charge in [0.15, 0.2) is 31.3 Å². The highest BCUT2D eigenvalue weighted by Crippen LogP contribution is 2.65. The van der Waals surface area contributed by atoms with E-state index in [2.05, 4.69) is 6.58 Å². The van der Waals surface area contributed by atoms with Gasteiger partial charge in [-0.25, -0.2) is 0 Å². The molecule has 2 aliphatic carbocycles. The lowest BCUT2D eigenvalue weighted by atomic mass is 9.44. The molecule has 6 rings (SSSR count). The minimum atomic E-state index is -2.61. The summed E-state index contributed by atoms with van der Waals surface area (Å²) in [5, 5.41) is 238. The van der Waals surface area contributed by atoms with Gasteiger partial charge in [0.05, 0.1) is 76.1 Å². The van der Waals surface area contributed by atoms with E-state index in [1.165, 1.54) is 13.8 Å². The van der Waals surface area contributed by atoms with Crippen molar-refractivity contribution in [3.05, 3.63) is 12.7 Å². The summed E-state index contributed by atoms with van der Waals surface area (Å²) < 4.78 is 88.7. The van der Waals surface area contributed by atoms with Gasteiger partial charge in [0.2, 0.25) is 31.5 Å². The third kappa shape index (κ3) is 19.5. The Labute approximate surface area is 570 Å². The van der Waals surface area contributed by atoms with Gasteiger partial charge in [0.1, 0.15) is 116 Å². The molecule has 0 aromatic heterocycles. The van der Waals surface area contributed by atoms with Gasteiger partial charge in [0, 0.05) is 19.6 Å². The van der Waals surface area contributed by atoms with Crippen molar-refractivity contribution in [2.24, 2.45) is 22.2 Å². The number of esters is 1. The van der Waals surface area contributed by atoms with Crippen LogP contribution >= 0.6 is 0 Å². The summed E-state index contributed by atoms with van der Waals surface area (Å²) in [6.07, 6.45) is -61.4. The van der Waals surface area contributed by atoms with Crippen LogP contribution < -0.4 is 0 Å². The van der Waals surface area contributed by atoms with Crippen LogP contribution in [0.5, 0.6) is 0 Å². The zero-order valence-electron chi connectivity index (χ0n) is 56.2. The van der Waals surface area contributed by atoms with Gasteiger partial charge < -0.3 is 183 Å². The lowest BCUT2D eigenvalue weighted by Gasteiger charge is -2.63. The average Bonchev–Trinajstić information content (AvgIpc) is 0.709. The molecule has 99 heavy (non-hydrogen) atoms. The van der Waals surface area contributed by atoms with Crippen LogP contribution in [0.15, 0.2) is 12.7 Å². The van der Waals surface area contributed by atoms with Crippen LogP contribution in [0.1, 0.15) is 79.6 Å². The Balaban J connectivity index is 1.37. The largest absolute Gasteiger partial charge is 0.432 e. The highest BCUT2D eigenvalue weighted by molar-refractivity contribution is 5.77. The van der Waals surface area contributed by atoms with E-state index in [0.717, 1.165) is 14.2 Å². The van der Waals surface area contributed by atoms with Crippen molar-refractivity contribution >= 4 is 5.97 Å². The van der Waals surface area contributed by atoms with Crippen LogP contribution in [0.25, 0.3) is 0 Å². The summed E-state index contributed by atoms with van der Waals surface area (Å²) in [4.78, 5) is 15.6. The number of carbonyl (C=O) groups is 1. The molecule has 4 heterocycles. The Morgan fingerprint density at radius 2 is 1.12 bits per heavy atom. The highest BCUT2D eigenvalue weighted by Gasteiger charge is 2.66. The summed E-state index contributed by atoms with van der Waals surface area (Å²) in [7, 11) is 2.11. The van der Waals surface area contributed by atoms with Crippen LogP contribution in [0.3, 0.4) is 0 Å². The minimum absolute atomic E-state index is 0.0642. The molecule has 6 fully saturated rings. The van der Waals surface area contributed by atoms with E-state index in [9.17, 15) is 112 Å². The molecule has 31 unspecified atom stereocenters. The predicted molar refractivity (Wildman–Crippen MR) is 323 cm³/mol. The monoisotopic (exact) mass is 1450 g/mol. The Morgan fingerprint density at radius 3 is 1.63 bits per heavy atom. The molecule has 2 saturated carbocycles. The normalized spacial score (nSPS) is 41.7. The number of methoxy groups -OCH3 is 2. The van der Waals surface area contributed by atoms with Crippen LogP contribution in [0.2, 0.25) is 0 Å². The lowest BCUT2D eigenvalue weighted by molar-refractivity contribution is -0.394. The zero-order valence-corrected chi connectivity index (χ0v) is 56.2. The van der Waals surface area contributed by atoms with Gasteiger partial charge in [-0.3, -0.25) is 4.79 Å². The number of allylic oxidation sites excluding steroid dienone is 1. The maximum absolute atomic E-state index is 15.6. The summed E-state index contributed by atoms with van der Waals surface area (Å²) in [5.41, 5.74) is -4.10. The molecule has 0 aromatic rings. The number of ether oxygens (including phenoxy) is 15. The molecule has 22 N–H and O–H groups in total. The van der Waals surface area contributed by atoms with Gasteiger partial charge in [-0.2, -0.15) is 0 Å². The maximum atomic E-state index is 15.6. The average molecular weight is 1450 g/mol. The van der Waals surface area contributed by atoms with Crippen LogP contribution in [0.4, 0.5) is 0 Å². The Bertz CT molecular complexity index is 2380. The van der Waals surface area contributed by atoms with Crippen molar-refractivity contribution in [1.29, 1.82) is 0 Å². The molecule has 38 heteroatoms. The number of carbonyl (C=O) groups excluding carboxylic acids is 1.